The van der Waals surface area contributed by atoms with Crippen LogP contribution in [0.25, 0.3) is 22.0 Å². The third-order valence-corrected chi connectivity index (χ3v) is 6.35. The van der Waals surface area contributed by atoms with E-state index in [-0.39, 0.29) is 6.61 Å². The van der Waals surface area contributed by atoms with Crippen molar-refractivity contribution in [3.63, 3.8) is 0 Å². The minimum atomic E-state index is -0.446. The van der Waals surface area contributed by atoms with Crippen LogP contribution in [0.2, 0.25) is 0 Å². The topological polar surface area (TPSA) is 115 Å². The molecule has 2 N–H and O–H groups in total. The Morgan fingerprint density at radius 1 is 0.921 bits per heavy atom. The van der Waals surface area contributed by atoms with Crippen LogP contribution in [0.3, 0.4) is 0 Å². The molecule has 0 aliphatic heterocycles. The van der Waals surface area contributed by atoms with Gasteiger partial charge in [0, 0.05) is 35.2 Å². The average Bonchev–Trinajstić information content (AvgIpc) is 3.24. The van der Waals surface area contributed by atoms with E-state index < -0.39 is 17.4 Å². The fraction of sp³-hybridized carbons (Fsp3) is 0.172. The van der Waals surface area contributed by atoms with Crippen LogP contribution in [0.1, 0.15) is 44.6 Å². The average molecular weight is 511 g/mol. The first-order valence-corrected chi connectivity index (χ1v) is 12.2. The summed E-state index contributed by atoms with van der Waals surface area (Å²) in [5, 5.41) is 0.849. The number of hydrogen-bond donors (Lipinski definition) is 2. The zero-order valence-corrected chi connectivity index (χ0v) is 21.2. The molecule has 0 aliphatic carbocycles. The Labute approximate surface area is 218 Å². The molecule has 2 amide bonds. The number of carbonyl (C=O) groups excluding carboxylic acids is 2. The molecule has 5 aromatic rings. The SMILES string of the molecule is CCn1c(C)nc2cc(C(=O)NNC(=O)c3ccc(COc4ccc5c(C)cc(=O)oc5c4)cc3)ccc21. The molecule has 192 valence electrons. The first kappa shape index (κ1) is 24.8. The number of carbonyl (C=O) groups is 2. The van der Waals surface area contributed by atoms with E-state index in [1.165, 1.54) is 6.07 Å². The fourth-order valence-electron chi connectivity index (χ4n) is 4.36. The van der Waals surface area contributed by atoms with E-state index in [0.29, 0.717) is 22.5 Å². The Bertz CT molecular complexity index is 1730. The molecule has 0 radical (unpaired) electrons. The van der Waals surface area contributed by atoms with Crippen molar-refractivity contribution < 1.29 is 18.7 Å². The summed E-state index contributed by atoms with van der Waals surface area (Å²) in [5.41, 5.74) is 9.10. The second-order valence-electron chi connectivity index (χ2n) is 8.91. The van der Waals surface area contributed by atoms with Gasteiger partial charge in [0.1, 0.15) is 23.8 Å². The van der Waals surface area contributed by atoms with Gasteiger partial charge in [-0.1, -0.05) is 12.1 Å². The van der Waals surface area contributed by atoms with Crippen molar-refractivity contribution in [2.75, 3.05) is 0 Å². The molecule has 38 heavy (non-hydrogen) atoms. The van der Waals surface area contributed by atoms with Crippen LogP contribution in [0.5, 0.6) is 5.75 Å². The summed E-state index contributed by atoms with van der Waals surface area (Å²) in [6.45, 7) is 6.86. The lowest BCUT2D eigenvalue weighted by molar-refractivity contribution is 0.0846. The highest BCUT2D eigenvalue weighted by atomic mass is 16.5. The van der Waals surface area contributed by atoms with Crippen molar-refractivity contribution in [3.8, 4) is 5.75 Å². The summed E-state index contributed by atoms with van der Waals surface area (Å²) in [7, 11) is 0. The van der Waals surface area contributed by atoms with Crippen LogP contribution in [0.4, 0.5) is 0 Å². The van der Waals surface area contributed by atoms with Gasteiger partial charge in [0.2, 0.25) is 0 Å². The van der Waals surface area contributed by atoms with Crippen LogP contribution < -0.4 is 21.2 Å². The summed E-state index contributed by atoms with van der Waals surface area (Å²) in [5.74, 6) is 0.557. The van der Waals surface area contributed by atoms with Crippen molar-refractivity contribution in [3.05, 3.63) is 105 Å². The monoisotopic (exact) mass is 510 g/mol. The number of nitrogens with one attached hydrogen (secondary N) is 2. The zero-order valence-electron chi connectivity index (χ0n) is 21.2. The largest absolute Gasteiger partial charge is 0.489 e. The van der Waals surface area contributed by atoms with Crippen LogP contribution in [-0.4, -0.2) is 21.4 Å². The first-order valence-electron chi connectivity index (χ1n) is 12.2. The molecule has 0 spiro atoms. The standard InChI is InChI=1S/C29H26N4O5/c1-4-33-18(3)30-24-14-21(9-12-25(24)33)29(36)32-31-28(35)20-7-5-19(6-8-20)16-37-22-10-11-23-17(2)13-27(34)38-26(23)15-22/h5-15H,4,16H2,1-3H3,(H,31,35)(H,32,36). The summed E-state index contributed by atoms with van der Waals surface area (Å²) in [6, 6.07) is 18.9. The maximum Gasteiger partial charge on any atom is 0.336 e. The quantitative estimate of drug-likeness (QED) is 0.258. The summed E-state index contributed by atoms with van der Waals surface area (Å²) >= 11 is 0. The van der Waals surface area contributed by atoms with Crippen molar-refractivity contribution in [1.82, 2.24) is 20.4 Å². The molecule has 2 heterocycles. The molecular formula is C29H26N4O5. The number of aromatic nitrogens is 2. The van der Waals surface area contributed by atoms with Gasteiger partial charge in [-0.05, 0) is 74.4 Å². The van der Waals surface area contributed by atoms with Crippen molar-refractivity contribution in [2.45, 2.75) is 33.9 Å². The molecule has 9 nitrogen and oxygen atoms in total. The Kier molecular flexibility index (Phi) is 6.66. The smallest absolute Gasteiger partial charge is 0.336 e. The van der Waals surface area contributed by atoms with E-state index in [2.05, 4.69) is 20.4 Å². The Morgan fingerprint density at radius 2 is 1.63 bits per heavy atom. The molecule has 0 aliphatic rings. The number of hydrogen-bond acceptors (Lipinski definition) is 6. The second kappa shape index (κ2) is 10.2. The summed E-state index contributed by atoms with van der Waals surface area (Å²) < 4.78 is 13.2. The molecule has 0 unspecified atom stereocenters. The first-order chi connectivity index (χ1) is 18.3. The van der Waals surface area contributed by atoms with E-state index in [9.17, 15) is 14.4 Å². The maximum atomic E-state index is 12.6. The number of nitrogens with zero attached hydrogens (tertiary/aromatic N) is 2. The number of amides is 2. The molecule has 9 heteroatoms. The number of rotatable bonds is 6. The summed E-state index contributed by atoms with van der Waals surface area (Å²) in [4.78, 5) is 41.3. The lowest BCUT2D eigenvalue weighted by atomic mass is 10.1. The van der Waals surface area contributed by atoms with Crippen LogP contribution in [0, 0.1) is 13.8 Å². The number of ether oxygens (including phenoxy) is 1. The number of imidazole rings is 1. The number of hydrazine groups is 1. The molecule has 0 atom stereocenters. The third kappa shape index (κ3) is 4.99. The Balaban J connectivity index is 1.18. The van der Waals surface area contributed by atoms with Gasteiger partial charge < -0.3 is 13.7 Å². The number of fused-ring (bicyclic) bond motifs is 2. The van der Waals surface area contributed by atoms with Gasteiger partial charge in [-0.2, -0.15) is 0 Å². The van der Waals surface area contributed by atoms with Gasteiger partial charge in [-0.3, -0.25) is 20.4 Å². The highest BCUT2D eigenvalue weighted by molar-refractivity contribution is 6.00. The normalized spacial score (nSPS) is 11.0. The number of aryl methyl sites for hydroxylation is 3. The van der Waals surface area contributed by atoms with E-state index in [1.807, 2.05) is 39.0 Å². The molecule has 3 aromatic carbocycles. The van der Waals surface area contributed by atoms with Crippen molar-refractivity contribution in [1.29, 1.82) is 0 Å². The highest BCUT2D eigenvalue weighted by Crippen LogP contribution is 2.23. The minimum absolute atomic E-state index is 0.260. The van der Waals surface area contributed by atoms with Crippen LogP contribution >= 0.6 is 0 Å². The van der Waals surface area contributed by atoms with E-state index in [4.69, 9.17) is 9.15 Å². The summed E-state index contributed by atoms with van der Waals surface area (Å²) in [6.07, 6.45) is 0. The third-order valence-electron chi connectivity index (χ3n) is 6.35. The minimum Gasteiger partial charge on any atom is -0.489 e. The zero-order chi connectivity index (χ0) is 26.8. The Morgan fingerprint density at radius 3 is 2.37 bits per heavy atom. The van der Waals surface area contributed by atoms with E-state index in [0.717, 1.165) is 39.9 Å². The van der Waals surface area contributed by atoms with Crippen molar-refractivity contribution >= 4 is 33.8 Å². The van der Waals surface area contributed by atoms with E-state index >= 15 is 0 Å². The second-order valence-corrected chi connectivity index (χ2v) is 8.91. The van der Waals surface area contributed by atoms with Gasteiger partial charge in [0.15, 0.2) is 0 Å². The lowest BCUT2D eigenvalue weighted by Gasteiger charge is -2.10. The Hall–Kier alpha value is -4.92. The molecule has 0 bridgehead atoms. The predicted octanol–water partition coefficient (Wildman–Crippen LogP) is 4.43. The van der Waals surface area contributed by atoms with Crippen LogP contribution in [-0.2, 0) is 13.2 Å². The molecular weight excluding hydrogens is 484 g/mol. The van der Waals surface area contributed by atoms with Gasteiger partial charge in [0.25, 0.3) is 11.8 Å². The van der Waals surface area contributed by atoms with Gasteiger partial charge in [-0.15, -0.1) is 0 Å². The molecule has 2 aromatic heterocycles. The predicted molar refractivity (Wildman–Crippen MR) is 143 cm³/mol. The van der Waals surface area contributed by atoms with Crippen LogP contribution in [0.15, 0.2) is 75.9 Å². The van der Waals surface area contributed by atoms with Gasteiger partial charge >= 0.3 is 5.63 Å². The molecule has 0 saturated heterocycles. The van der Waals surface area contributed by atoms with E-state index in [1.54, 1.807) is 42.5 Å². The molecule has 0 fully saturated rings. The lowest BCUT2D eigenvalue weighted by Crippen LogP contribution is -2.41. The maximum absolute atomic E-state index is 12.6. The number of benzene rings is 3. The molecule has 0 saturated carbocycles. The van der Waals surface area contributed by atoms with Crippen molar-refractivity contribution in [2.24, 2.45) is 0 Å². The van der Waals surface area contributed by atoms with Gasteiger partial charge in [0.05, 0.1) is 11.0 Å². The van der Waals surface area contributed by atoms with Gasteiger partial charge in [-0.25, -0.2) is 9.78 Å². The molecule has 5 rings (SSSR count). The fourth-order valence-corrected chi connectivity index (χ4v) is 4.36. The highest BCUT2D eigenvalue weighted by Gasteiger charge is 2.13.